The minimum Gasteiger partial charge on any atom is -0.377 e. The first-order valence-electron chi connectivity index (χ1n) is 6.58. The maximum absolute atomic E-state index is 5.76. The van der Waals surface area contributed by atoms with Crippen LogP contribution in [0.5, 0.6) is 0 Å². The summed E-state index contributed by atoms with van der Waals surface area (Å²) in [5, 5.41) is 3.48. The molecule has 1 saturated carbocycles. The quantitative estimate of drug-likeness (QED) is 0.700. The molecule has 1 fully saturated rings. The number of nitrogens with zero attached hydrogens (tertiary/aromatic N) is 1. The summed E-state index contributed by atoms with van der Waals surface area (Å²) in [4.78, 5) is 4.01. The number of nitrogens with one attached hydrogen (secondary N) is 1. The van der Waals surface area contributed by atoms with E-state index in [1.165, 1.54) is 18.4 Å². The van der Waals surface area contributed by atoms with Crippen molar-refractivity contribution in [1.29, 1.82) is 0 Å². The maximum Gasteiger partial charge on any atom is 0.0671 e. The second-order valence-corrected chi connectivity index (χ2v) is 4.82. The van der Waals surface area contributed by atoms with E-state index in [0.29, 0.717) is 6.10 Å². The minimum atomic E-state index is 0.327. The van der Waals surface area contributed by atoms with Gasteiger partial charge in [0.2, 0.25) is 0 Å². The summed E-state index contributed by atoms with van der Waals surface area (Å²) in [6, 6.07) is 4.91. The molecule has 1 aliphatic carbocycles. The van der Waals surface area contributed by atoms with Crippen LogP contribution in [0.3, 0.4) is 0 Å². The number of hydrogen-bond donors (Lipinski definition) is 1. The van der Waals surface area contributed by atoms with Crippen molar-refractivity contribution in [3.63, 3.8) is 0 Å². The molecule has 0 aromatic carbocycles. The van der Waals surface area contributed by atoms with Crippen LogP contribution in [-0.4, -0.2) is 30.3 Å². The van der Waals surface area contributed by atoms with Crippen molar-refractivity contribution in [3.8, 4) is 0 Å². The molecule has 1 N–H and O–H groups in total. The third kappa shape index (κ3) is 5.29. The van der Waals surface area contributed by atoms with E-state index in [1.807, 2.05) is 12.4 Å². The molecule has 0 spiro atoms. The molecule has 0 bridgehead atoms. The Kier molecular flexibility index (Phi) is 4.95. The van der Waals surface area contributed by atoms with Crippen molar-refractivity contribution in [2.75, 3.05) is 13.2 Å². The van der Waals surface area contributed by atoms with Crippen LogP contribution in [0.25, 0.3) is 0 Å². The van der Waals surface area contributed by atoms with Crippen LogP contribution >= 0.6 is 0 Å². The van der Waals surface area contributed by atoms with E-state index in [2.05, 4.69) is 29.4 Å². The Hall–Kier alpha value is -0.930. The van der Waals surface area contributed by atoms with Gasteiger partial charge in [-0.05, 0) is 50.3 Å². The van der Waals surface area contributed by atoms with Crippen molar-refractivity contribution >= 4 is 0 Å². The number of aromatic nitrogens is 1. The molecule has 0 aliphatic heterocycles. The van der Waals surface area contributed by atoms with Gasteiger partial charge in [0.05, 0.1) is 6.10 Å². The molecule has 1 unspecified atom stereocenters. The van der Waals surface area contributed by atoms with E-state index < -0.39 is 0 Å². The summed E-state index contributed by atoms with van der Waals surface area (Å²) in [6.45, 7) is 3.97. The fraction of sp³-hybridized carbons (Fsp3) is 0.643. The number of rotatable bonds is 8. The van der Waals surface area contributed by atoms with Crippen molar-refractivity contribution < 1.29 is 4.74 Å². The van der Waals surface area contributed by atoms with Gasteiger partial charge in [-0.25, -0.2) is 0 Å². The molecule has 0 saturated heterocycles. The van der Waals surface area contributed by atoms with Crippen molar-refractivity contribution in [2.45, 2.75) is 44.8 Å². The van der Waals surface area contributed by atoms with Crippen LogP contribution < -0.4 is 5.32 Å². The van der Waals surface area contributed by atoms with Crippen molar-refractivity contribution in [3.05, 3.63) is 30.1 Å². The Morgan fingerprint density at radius 2 is 2.18 bits per heavy atom. The Balaban J connectivity index is 1.50. The zero-order valence-electron chi connectivity index (χ0n) is 10.6. The number of hydrogen-bond acceptors (Lipinski definition) is 3. The SMILES string of the molecule is CC(CNC1CC1)OCCCc1ccncc1. The molecule has 0 amide bonds. The van der Waals surface area contributed by atoms with Gasteiger partial charge in [-0.15, -0.1) is 0 Å². The van der Waals surface area contributed by atoms with Gasteiger partial charge in [0.25, 0.3) is 0 Å². The summed E-state index contributed by atoms with van der Waals surface area (Å²) in [5.41, 5.74) is 1.34. The maximum atomic E-state index is 5.76. The van der Waals surface area contributed by atoms with Gasteiger partial charge in [0, 0.05) is 31.6 Å². The predicted molar refractivity (Wildman–Crippen MR) is 69.0 cm³/mol. The Labute approximate surface area is 104 Å². The van der Waals surface area contributed by atoms with Crippen molar-refractivity contribution in [2.24, 2.45) is 0 Å². The van der Waals surface area contributed by atoms with E-state index in [1.54, 1.807) is 0 Å². The molecule has 94 valence electrons. The zero-order valence-corrected chi connectivity index (χ0v) is 10.6. The molecular formula is C14H22N2O. The summed E-state index contributed by atoms with van der Waals surface area (Å²) >= 11 is 0. The summed E-state index contributed by atoms with van der Waals surface area (Å²) in [7, 11) is 0. The number of pyridine rings is 1. The average Bonchev–Trinajstić information content (AvgIpc) is 3.17. The lowest BCUT2D eigenvalue weighted by molar-refractivity contribution is 0.0641. The van der Waals surface area contributed by atoms with E-state index in [4.69, 9.17) is 4.74 Å². The Bertz CT molecular complexity index is 311. The van der Waals surface area contributed by atoms with Crippen LogP contribution in [0, 0.1) is 0 Å². The highest BCUT2D eigenvalue weighted by Gasteiger charge is 2.20. The summed E-state index contributed by atoms with van der Waals surface area (Å²) < 4.78 is 5.76. The smallest absolute Gasteiger partial charge is 0.0671 e. The average molecular weight is 234 g/mol. The lowest BCUT2D eigenvalue weighted by Gasteiger charge is -2.13. The molecule has 1 heterocycles. The normalized spacial score (nSPS) is 17.0. The minimum absolute atomic E-state index is 0.327. The van der Waals surface area contributed by atoms with E-state index >= 15 is 0 Å². The number of aryl methyl sites for hydroxylation is 1. The van der Waals surface area contributed by atoms with Gasteiger partial charge in [-0.3, -0.25) is 4.98 Å². The first kappa shape index (κ1) is 12.5. The molecule has 3 heteroatoms. The second-order valence-electron chi connectivity index (χ2n) is 4.82. The fourth-order valence-electron chi connectivity index (χ4n) is 1.79. The van der Waals surface area contributed by atoms with Crippen LogP contribution in [-0.2, 0) is 11.2 Å². The predicted octanol–water partition coefficient (Wildman–Crippen LogP) is 2.17. The van der Waals surface area contributed by atoms with E-state index in [9.17, 15) is 0 Å². The van der Waals surface area contributed by atoms with Crippen LogP contribution in [0.1, 0.15) is 31.7 Å². The van der Waals surface area contributed by atoms with Crippen LogP contribution in [0.15, 0.2) is 24.5 Å². The first-order valence-corrected chi connectivity index (χ1v) is 6.58. The molecule has 0 radical (unpaired) electrons. The Morgan fingerprint density at radius 3 is 2.88 bits per heavy atom. The number of ether oxygens (including phenoxy) is 1. The highest BCUT2D eigenvalue weighted by molar-refractivity contribution is 5.09. The molecule has 2 rings (SSSR count). The topological polar surface area (TPSA) is 34.1 Å². The molecule has 1 aliphatic rings. The van der Waals surface area contributed by atoms with Crippen LogP contribution in [0.4, 0.5) is 0 Å². The monoisotopic (exact) mass is 234 g/mol. The van der Waals surface area contributed by atoms with Gasteiger partial charge < -0.3 is 10.1 Å². The highest BCUT2D eigenvalue weighted by atomic mass is 16.5. The third-order valence-electron chi connectivity index (χ3n) is 3.03. The molecule has 1 atom stereocenters. The summed E-state index contributed by atoms with van der Waals surface area (Å²) in [5.74, 6) is 0. The lowest BCUT2D eigenvalue weighted by Crippen LogP contribution is -2.28. The van der Waals surface area contributed by atoms with Gasteiger partial charge >= 0.3 is 0 Å². The standard InChI is InChI=1S/C14H22N2O/c1-12(11-16-14-4-5-14)17-10-2-3-13-6-8-15-9-7-13/h6-9,12,14,16H,2-5,10-11H2,1H3. The molecule has 1 aromatic rings. The molecule has 3 nitrogen and oxygen atoms in total. The van der Waals surface area contributed by atoms with Gasteiger partial charge in [-0.1, -0.05) is 0 Å². The largest absolute Gasteiger partial charge is 0.377 e. The molecule has 17 heavy (non-hydrogen) atoms. The highest BCUT2D eigenvalue weighted by Crippen LogP contribution is 2.18. The van der Waals surface area contributed by atoms with E-state index in [-0.39, 0.29) is 0 Å². The fourth-order valence-corrected chi connectivity index (χ4v) is 1.79. The lowest BCUT2D eigenvalue weighted by atomic mass is 10.1. The Morgan fingerprint density at radius 1 is 1.41 bits per heavy atom. The van der Waals surface area contributed by atoms with E-state index in [0.717, 1.165) is 32.0 Å². The zero-order chi connectivity index (χ0) is 11.9. The first-order chi connectivity index (χ1) is 8.34. The summed E-state index contributed by atoms with van der Waals surface area (Å²) in [6.07, 6.45) is 8.86. The van der Waals surface area contributed by atoms with Gasteiger partial charge in [-0.2, -0.15) is 0 Å². The molecular weight excluding hydrogens is 212 g/mol. The van der Waals surface area contributed by atoms with Crippen LogP contribution in [0.2, 0.25) is 0 Å². The second kappa shape index (κ2) is 6.72. The third-order valence-corrected chi connectivity index (χ3v) is 3.03. The van der Waals surface area contributed by atoms with Gasteiger partial charge in [0.1, 0.15) is 0 Å². The van der Waals surface area contributed by atoms with Crippen molar-refractivity contribution in [1.82, 2.24) is 10.3 Å². The molecule has 1 aromatic heterocycles. The van der Waals surface area contributed by atoms with Gasteiger partial charge in [0.15, 0.2) is 0 Å².